The summed E-state index contributed by atoms with van der Waals surface area (Å²) in [6, 6.07) is 0. The molecule has 1 rings (SSSR count). The number of aryl methyl sites for hydroxylation is 2. The fourth-order valence-corrected chi connectivity index (χ4v) is 1.28. The van der Waals surface area contributed by atoms with Crippen LogP contribution in [0.3, 0.4) is 0 Å². The molecule has 2 N–H and O–H groups in total. The van der Waals surface area contributed by atoms with Crippen LogP contribution in [0.2, 0.25) is 0 Å². The van der Waals surface area contributed by atoms with Crippen molar-refractivity contribution in [3.05, 3.63) is 29.0 Å². The number of hydrogen-bond donors (Lipinski definition) is 1. The molecule has 0 aromatic carbocycles. The van der Waals surface area contributed by atoms with Crippen molar-refractivity contribution in [1.82, 2.24) is 9.97 Å². The number of hydrogen-bond acceptors (Lipinski definition) is 3. The SMILES string of the molecule is CCc1nc(C)cnc1/C=C(\N)C(C)(C)C. The van der Waals surface area contributed by atoms with E-state index >= 15 is 0 Å². The Balaban J connectivity index is 3.15. The van der Waals surface area contributed by atoms with Crippen LogP contribution in [0, 0.1) is 12.3 Å². The molecule has 3 nitrogen and oxygen atoms in total. The van der Waals surface area contributed by atoms with Crippen molar-refractivity contribution in [1.29, 1.82) is 0 Å². The van der Waals surface area contributed by atoms with Gasteiger partial charge in [0.15, 0.2) is 0 Å². The first-order chi connectivity index (χ1) is 7.34. The highest BCUT2D eigenvalue weighted by molar-refractivity contribution is 5.51. The molecular formula is C13H21N3. The van der Waals surface area contributed by atoms with Crippen molar-refractivity contribution in [2.75, 3.05) is 0 Å². The van der Waals surface area contributed by atoms with E-state index in [0.29, 0.717) is 0 Å². The highest BCUT2D eigenvalue weighted by Gasteiger charge is 2.14. The summed E-state index contributed by atoms with van der Waals surface area (Å²) in [7, 11) is 0. The van der Waals surface area contributed by atoms with Crippen LogP contribution >= 0.6 is 0 Å². The van der Waals surface area contributed by atoms with Gasteiger partial charge in [-0.2, -0.15) is 0 Å². The molecule has 0 saturated heterocycles. The van der Waals surface area contributed by atoms with E-state index in [-0.39, 0.29) is 5.41 Å². The van der Waals surface area contributed by atoms with E-state index in [1.54, 1.807) is 6.20 Å². The summed E-state index contributed by atoms with van der Waals surface area (Å²) >= 11 is 0. The molecule has 1 aromatic heterocycles. The highest BCUT2D eigenvalue weighted by Crippen LogP contribution is 2.23. The lowest BCUT2D eigenvalue weighted by Gasteiger charge is -2.19. The second kappa shape index (κ2) is 4.64. The molecule has 0 saturated carbocycles. The van der Waals surface area contributed by atoms with Gasteiger partial charge < -0.3 is 5.73 Å². The Morgan fingerprint density at radius 3 is 2.56 bits per heavy atom. The first-order valence-corrected chi connectivity index (χ1v) is 5.64. The lowest BCUT2D eigenvalue weighted by molar-refractivity contribution is 0.501. The summed E-state index contributed by atoms with van der Waals surface area (Å²) in [5.74, 6) is 0. The molecule has 1 heterocycles. The smallest absolute Gasteiger partial charge is 0.0862 e. The van der Waals surface area contributed by atoms with Gasteiger partial charge in [-0.1, -0.05) is 27.7 Å². The van der Waals surface area contributed by atoms with Gasteiger partial charge in [-0.25, -0.2) is 0 Å². The molecular weight excluding hydrogens is 198 g/mol. The first kappa shape index (κ1) is 12.7. The lowest BCUT2D eigenvalue weighted by Crippen LogP contribution is -2.17. The number of allylic oxidation sites excluding steroid dienone is 1. The minimum Gasteiger partial charge on any atom is -0.402 e. The number of nitrogens with two attached hydrogens (primary N) is 1. The Morgan fingerprint density at radius 2 is 2.06 bits per heavy atom. The molecule has 0 aliphatic carbocycles. The lowest BCUT2D eigenvalue weighted by atomic mass is 9.91. The second-order valence-corrected chi connectivity index (χ2v) is 5.05. The van der Waals surface area contributed by atoms with Crippen LogP contribution in [0.25, 0.3) is 6.08 Å². The molecule has 0 atom stereocenters. The average Bonchev–Trinajstić information content (AvgIpc) is 2.19. The summed E-state index contributed by atoms with van der Waals surface area (Å²) in [5.41, 5.74) is 9.68. The van der Waals surface area contributed by atoms with Crippen LogP contribution in [0.4, 0.5) is 0 Å². The maximum Gasteiger partial charge on any atom is 0.0862 e. The van der Waals surface area contributed by atoms with E-state index in [1.165, 1.54) is 0 Å². The van der Waals surface area contributed by atoms with Gasteiger partial charge in [0.05, 0.1) is 17.1 Å². The predicted octanol–water partition coefficient (Wildman–Crippen LogP) is 2.69. The van der Waals surface area contributed by atoms with Crippen LogP contribution in [0.1, 0.15) is 44.8 Å². The molecule has 0 spiro atoms. The Bertz CT molecular complexity index is 400. The van der Waals surface area contributed by atoms with Crippen LogP contribution < -0.4 is 5.73 Å². The van der Waals surface area contributed by atoms with Crippen molar-refractivity contribution in [2.45, 2.75) is 41.0 Å². The first-order valence-electron chi connectivity index (χ1n) is 5.64. The van der Waals surface area contributed by atoms with Crippen molar-refractivity contribution in [3.8, 4) is 0 Å². The molecule has 0 aliphatic heterocycles. The summed E-state index contributed by atoms with van der Waals surface area (Å²) < 4.78 is 0. The Hall–Kier alpha value is -1.38. The molecule has 88 valence electrons. The van der Waals surface area contributed by atoms with Crippen molar-refractivity contribution in [2.24, 2.45) is 11.1 Å². The largest absolute Gasteiger partial charge is 0.402 e. The monoisotopic (exact) mass is 219 g/mol. The third-order valence-electron chi connectivity index (χ3n) is 2.49. The van der Waals surface area contributed by atoms with Gasteiger partial charge in [0.25, 0.3) is 0 Å². The fraction of sp³-hybridized carbons (Fsp3) is 0.538. The molecule has 1 aromatic rings. The zero-order chi connectivity index (χ0) is 12.3. The Kier molecular flexibility index (Phi) is 3.68. The second-order valence-electron chi connectivity index (χ2n) is 5.05. The summed E-state index contributed by atoms with van der Waals surface area (Å²) in [5, 5.41) is 0. The van der Waals surface area contributed by atoms with Gasteiger partial charge >= 0.3 is 0 Å². The molecule has 16 heavy (non-hydrogen) atoms. The summed E-state index contributed by atoms with van der Waals surface area (Å²) in [6.07, 6.45) is 4.59. The number of rotatable bonds is 2. The maximum atomic E-state index is 6.04. The van der Waals surface area contributed by atoms with Crippen molar-refractivity contribution < 1.29 is 0 Å². The Labute approximate surface area is 97.8 Å². The van der Waals surface area contributed by atoms with Crippen molar-refractivity contribution in [3.63, 3.8) is 0 Å². The van der Waals surface area contributed by atoms with Gasteiger partial charge in [0, 0.05) is 17.3 Å². The summed E-state index contributed by atoms with van der Waals surface area (Å²) in [4.78, 5) is 8.85. The van der Waals surface area contributed by atoms with Crippen LogP contribution in [0.15, 0.2) is 11.9 Å². The predicted molar refractivity (Wildman–Crippen MR) is 67.8 cm³/mol. The van der Waals surface area contributed by atoms with Gasteiger partial charge in [-0.15, -0.1) is 0 Å². The minimum absolute atomic E-state index is 0.0302. The molecule has 0 radical (unpaired) electrons. The minimum atomic E-state index is -0.0302. The van der Waals surface area contributed by atoms with E-state index in [9.17, 15) is 0 Å². The molecule has 3 heteroatoms. The molecule has 0 bridgehead atoms. The summed E-state index contributed by atoms with van der Waals surface area (Å²) in [6.45, 7) is 10.3. The topological polar surface area (TPSA) is 51.8 Å². The van der Waals surface area contributed by atoms with Gasteiger partial charge in [0.1, 0.15) is 0 Å². The third kappa shape index (κ3) is 3.05. The highest BCUT2D eigenvalue weighted by atomic mass is 14.8. The van der Waals surface area contributed by atoms with Gasteiger partial charge in [-0.05, 0) is 19.4 Å². The number of nitrogens with zero attached hydrogens (tertiary/aromatic N) is 2. The quantitative estimate of drug-likeness (QED) is 0.832. The fourth-order valence-electron chi connectivity index (χ4n) is 1.28. The average molecular weight is 219 g/mol. The van der Waals surface area contributed by atoms with E-state index in [1.807, 2.05) is 13.0 Å². The van der Waals surface area contributed by atoms with Crippen LogP contribution in [-0.4, -0.2) is 9.97 Å². The van der Waals surface area contributed by atoms with E-state index in [0.717, 1.165) is 29.2 Å². The maximum absolute atomic E-state index is 6.04. The molecule has 0 fully saturated rings. The zero-order valence-corrected chi connectivity index (χ0v) is 10.8. The molecule has 0 amide bonds. The van der Waals surface area contributed by atoms with Gasteiger partial charge in [0.2, 0.25) is 0 Å². The Morgan fingerprint density at radius 1 is 1.44 bits per heavy atom. The van der Waals surface area contributed by atoms with E-state index < -0.39 is 0 Å². The van der Waals surface area contributed by atoms with E-state index in [2.05, 4.69) is 37.7 Å². The standard InChI is InChI=1S/C13H21N3/c1-6-10-11(15-8-9(2)16-10)7-12(14)13(3,4)5/h7-8H,6,14H2,1-5H3/b12-7-. The van der Waals surface area contributed by atoms with E-state index in [4.69, 9.17) is 5.73 Å². The van der Waals surface area contributed by atoms with Crippen LogP contribution in [-0.2, 0) is 6.42 Å². The van der Waals surface area contributed by atoms with Gasteiger partial charge in [-0.3, -0.25) is 9.97 Å². The van der Waals surface area contributed by atoms with Crippen molar-refractivity contribution >= 4 is 6.08 Å². The molecule has 0 aliphatic rings. The van der Waals surface area contributed by atoms with Crippen LogP contribution in [0.5, 0.6) is 0 Å². The third-order valence-corrected chi connectivity index (χ3v) is 2.49. The molecule has 0 unspecified atom stereocenters. The number of aromatic nitrogens is 2. The zero-order valence-electron chi connectivity index (χ0n) is 10.8. The normalized spacial score (nSPS) is 12.9.